The third-order valence-corrected chi connectivity index (χ3v) is 5.03. The molecule has 7 heteroatoms. The standard InChI is InChI=1S/C17H19Cl2N3O2/c1-21-6-4-13(5-7-21)22(11-14-3-2-8-24-14)17(23)12-9-15(18)16(19)20-10-12/h2-3,8-10,13H,4-7,11H2,1H3. The zero-order chi connectivity index (χ0) is 17.1. The van der Waals surface area contributed by atoms with Crippen molar-refractivity contribution in [3.8, 4) is 0 Å². The van der Waals surface area contributed by atoms with Crippen molar-refractivity contribution >= 4 is 29.1 Å². The summed E-state index contributed by atoms with van der Waals surface area (Å²) in [7, 11) is 2.10. The summed E-state index contributed by atoms with van der Waals surface area (Å²) in [6, 6.07) is 5.44. The van der Waals surface area contributed by atoms with Crippen LogP contribution in [0.1, 0.15) is 29.0 Å². The van der Waals surface area contributed by atoms with Crippen molar-refractivity contribution in [2.24, 2.45) is 0 Å². The van der Waals surface area contributed by atoms with Gasteiger partial charge in [-0.1, -0.05) is 23.2 Å². The summed E-state index contributed by atoms with van der Waals surface area (Å²) >= 11 is 11.9. The zero-order valence-corrected chi connectivity index (χ0v) is 14.9. The first-order chi connectivity index (χ1) is 11.5. The SMILES string of the molecule is CN1CCC(N(Cc2ccco2)C(=O)c2cnc(Cl)c(Cl)c2)CC1. The number of aromatic nitrogens is 1. The lowest BCUT2D eigenvalue weighted by Gasteiger charge is -2.37. The number of carbonyl (C=O) groups is 1. The average Bonchev–Trinajstić information content (AvgIpc) is 3.09. The number of carbonyl (C=O) groups excluding carboxylic acids is 1. The summed E-state index contributed by atoms with van der Waals surface area (Å²) in [6.07, 6.45) is 4.95. The molecule has 1 aliphatic rings. The van der Waals surface area contributed by atoms with E-state index in [1.807, 2.05) is 17.0 Å². The van der Waals surface area contributed by atoms with Gasteiger partial charge in [0.25, 0.3) is 5.91 Å². The predicted molar refractivity (Wildman–Crippen MR) is 93.4 cm³/mol. The molecule has 2 aromatic heterocycles. The molecule has 0 saturated carbocycles. The number of piperidine rings is 1. The van der Waals surface area contributed by atoms with Gasteiger partial charge in [-0.05, 0) is 51.2 Å². The highest BCUT2D eigenvalue weighted by molar-refractivity contribution is 6.41. The van der Waals surface area contributed by atoms with Crippen LogP contribution in [0.3, 0.4) is 0 Å². The van der Waals surface area contributed by atoms with E-state index in [0.29, 0.717) is 12.1 Å². The molecule has 0 aliphatic carbocycles. The second kappa shape index (κ2) is 7.55. The van der Waals surface area contributed by atoms with Gasteiger partial charge in [-0.15, -0.1) is 0 Å². The third kappa shape index (κ3) is 3.91. The third-order valence-electron chi connectivity index (χ3n) is 4.34. The highest BCUT2D eigenvalue weighted by Gasteiger charge is 2.29. The van der Waals surface area contributed by atoms with Crippen molar-refractivity contribution in [2.45, 2.75) is 25.4 Å². The van der Waals surface area contributed by atoms with E-state index >= 15 is 0 Å². The average molecular weight is 368 g/mol. The Hall–Kier alpha value is -1.56. The van der Waals surface area contributed by atoms with Gasteiger partial charge < -0.3 is 14.2 Å². The van der Waals surface area contributed by atoms with E-state index in [1.54, 1.807) is 12.3 Å². The summed E-state index contributed by atoms with van der Waals surface area (Å²) in [6.45, 7) is 2.36. The van der Waals surface area contributed by atoms with Crippen molar-refractivity contribution in [1.29, 1.82) is 0 Å². The molecule has 1 saturated heterocycles. The number of halogens is 2. The van der Waals surface area contributed by atoms with Crippen LogP contribution in [0.25, 0.3) is 0 Å². The Morgan fingerprint density at radius 1 is 1.42 bits per heavy atom. The van der Waals surface area contributed by atoms with Gasteiger partial charge in [0.15, 0.2) is 0 Å². The Labute approximate surface area is 151 Å². The zero-order valence-electron chi connectivity index (χ0n) is 13.4. The summed E-state index contributed by atoms with van der Waals surface area (Å²) in [5.41, 5.74) is 0.440. The maximum absolute atomic E-state index is 13.0. The number of pyridine rings is 1. The first kappa shape index (κ1) is 17.3. The van der Waals surface area contributed by atoms with Crippen LogP contribution < -0.4 is 0 Å². The summed E-state index contributed by atoms with van der Waals surface area (Å²) in [5, 5.41) is 0.480. The van der Waals surface area contributed by atoms with Crippen molar-refractivity contribution < 1.29 is 9.21 Å². The number of likely N-dealkylation sites (tertiary alicyclic amines) is 1. The molecule has 0 radical (unpaired) electrons. The molecule has 3 heterocycles. The minimum absolute atomic E-state index is 0.105. The van der Waals surface area contributed by atoms with Crippen molar-refractivity contribution in [2.75, 3.05) is 20.1 Å². The van der Waals surface area contributed by atoms with E-state index in [4.69, 9.17) is 27.6 Å². The van der Waals surface area contributed by atoms with Crippen molar-refractivity contribution in [3.05, 3.63) is 52.2 Å². The van der Waals surface area contributed by atoms with E-state index < -0.39 is 0 Å². The fourth-order valence-electron chi connectivity index (χ4n) is 2.95. The van der Waals surface area contributed by atoms with Crippen LogP contribution in [0.15, 0.2) is 35.1 Å². The largest absolute Gasteiger partial charge is 0.467 e. The predicted octanol–water partition coefficient (Wildman–Crippen LogP) is 3.72. The van der Waals surface area contributed by atoms with Gasteiger partial charge in [-0.2, -0.15) is 0 Å². The van der Waals surface area contributed by atoms with Gasteiger partial charge >= 0.3 is 0 Å². The molecule has 128 valence electrons. The molecule has 0 N–H and O–H groups in total. The lowest BCUT2D eigenvalue weighted by atomic mass is 10.0. The second-order valence-electron chi connectivity index (χ2n) is 6.04. The Balaban J connectivity index is 1.85. The van der Waals surface area contributed by atoms with Gasteiger partial charge in [0.1, 0.15) is 10.9 Å². The van der Waals surface area contributed by atoms with E-state index in [2.05, 4.69) is 16.9 Å². The van der Waals surface area contributed by atoms with Crippen LogP contribution in [-0.4, -0.2) is 46.9 Å². The Bertz CT molecular complexity index is 698. The second-order valence-corrected chi connectivity index (χ2v) is 6.81. The van der Waals surface area contributed by atoms with Gasteiger partial charge in [-0.3, -0.25) is 4.79 Å². The number of furan rings is 1. The fourth-order valence-corrected chi connectivity index (χ4v) is 3.22. The molecule has 2 aromatic rings. The van der Waals surface area contributed by atoms with Crippen molar-refractivity contribution in [3.63, 3.8) is 0 Å². The molecule has 1 aliphatic heterocycles. The molecule has 1 fully saturated rings. The topological polar surface area (TPSA) is 49.6 Å². The maximum atomic E-state index is 13.0. The first-order valence-corrected chi connectivity index (χ1v) is 8.63. The van der Waals surface area contributed by atoms with Crippen molar-refractivity contribution in [1.82, 2.24) is 14.8 Å². The van der Waals surface area contributed by atoms with Gasteiger partial charge in [0.2, 0.25) is 0 Å². The Morgan fingerprint density at radius 3 is 2.79 bits per heavy atom. The Kier molecular flexibility index (Phi) is 5.43. The molecule has 0 aromatic carbocycles. The minimum Gasteiger partial charge on any atom is -0.467 e. The summed E-state index contributed by atoms with van der Waals surface area (Å²) in [5.74, 6) is 0.655. The summed E-state index contributed by atoms with van der Waals surface area (Å²) < 4.78 is 5.44. The highest BCUT2D eigenvalue weighted by atomic mass is 35.5. The van der Waals surface area contributed by atoms with E-state index in [1.165, 1.54) is 6.20 Å². The molecular weight excluding hydrogens is 349 g/mol. The van der Waals surface area contributed by atoms with E-state index in [0.717, 1.165) is 31.7 Å². The molecule has 0 unspecified atom stereocenters. The lowest BCUT2D eigenvalue weighted by molar-refractivity contribution is 0.0550. The molecule has 0 spiro atoms. The number of amides is 1. The van der Waals surface area contributed by atoms with Crippen LogP contribution in [0.5, 0.6) is 0 Å². The van der Waals surface area contributed by atoms with Gasteiger partial charge in [0, 0.05) is 12.2 Å². The van der Waals surface area contributed by atoms with E-state index in [-0.39, 0.29) is 22.1 Å². The van der Waals surface area contributed by atoms with Crippen LogP contribution >= 0.6 is 23.2 Å². The number of nitrogens with zero attached hydrogens (tertiary/aromatic N) is 3. The lowest BCUT2D eigenvalue weighted by Crippen LogP contribution is -2.46. The van der Waals surface area contributed by atoms with Crippen LogP contribution in [0, 0.1) is 0 Å². The monoisotopic (exact) mass is 367 g/mol. The fraction of sp³-hybridized carbons (Fsp3) is 0.412. The van der Waals surface area contributed by atoms with Gasteiger partial charge in [0.05, 0.1) is 23.4 Å². The normalized spacial score (nSPS) is 16.3. The van der Waals surface area contributed by atoms with E-state index in [9.17, 15) is 4.79 Å². The molecule has 0 bridgehead atoms. The molecule has 5 nitrogen and oxygen atoms in total. The molecule has 24 heavy (non-hydrogen) atoms. The highest BCUT2D eigenvalue weighted by Crippen LogP contribution is 2.24. The molecular formula is C17H19Cl2N3O2. The maximum Gasteiger partial charge on any atom is 0.256 e. The summed E-state index contributed by atoms with van der Waals surface area (Å²) in [4.78, 5) is 21.2. The smallest absolute Gasteiger partial charge is 0.256 e. The quantitative estimate of drug-likeness (QED) is 0.772. The molecule has 1 amide bonds. The first-order valence-electron chi connectivity index (χ1n) is 7.87. The minimum atomic E-state index is -0.105. The Morgan fingerprint density at radius 2 is 2.17 bits per heavy atom. The number of rotatable bonds is 4. The van der Waals surface area contributed by atoms with Crippen LogP contribution in [-0.2, 0) is 6.54 Å². The van der Waals surface area contributed by atoms with Crippen LogP contribution in [0.2, 0.25) is 10.2 Å². The number of hydrogen-bond acceptors (Lipinski definition) is 4. The van der Waals surface area contributed by atoms with Gasteiger partial charge in [-0.25, -0.2) is 4.98 Å². The van der Waals surface area contributed by atoms with Crippen LogP contribution in [0.4, 0.5) is 0 Å². The molecule has 0 atom stereocenters. The number of hydrogen-bond donors (Lipinski definition) is 0. The molecule has 3 rings (SSSR count).